The third kappa shape index (κ3) is 1.77. The lowest BCUT2D eigenvalue weighted by Gasteiger charge is -2.28. The topological polar surface area (TPSA) is 53.4 Å². The van der Waals surface area contributed by atoms with Gasteiger partial charge in [-0.25, -0.2) is 4.98 Å². The maximum Gasteiger partial charge on any atom is 0.111 e. The van der Waals surface area contributed by atoms with Crippen LogP contribution in [0.25, 0.3) is 32.9 Å². The molecule has 3 heteroatoms. The molecule has 3 aromatic carbocycles. The van der Waals surface area contributed by atoms with Gasteiger partial charge in [-0.1, -0.05) is 60.7 Å². The highest BCUT2D eigenvalue weighted by atomic mass is 16.3. The summed E-state index contributed by atoms with van der Waals surface area (Å²) < 4.78 is 0. The van der Waals surface area contributed by atoms with Crippen molar-refractivity contribution in [2.45, 2.75) is 12.2 Å². The Labute approximate surface area is 138 Å². The van der Waals surface area contributed by atoms with E-state index in [2.05, 4.69) is 18.2 Å². The summed E-state index contributed by atoms with van der Waals surface area (Å²) in [6.45, 7) is 0. The van der Waals surface area contributed by atoms with E-state index in [1.54, 1.807) is 0 Å². The van der Waals surface area contributed by atoms with Crippen LogP contribution >= 0.6 is 0 Å². The molecule has 0 saturated carbocycles. The molecule has 1 heterocycles. The highest BCUT2D eigenvalue weighted by Crippen LogP contribution is 2.44. The molecule has 1 aliphatic carbocycles. The van der Waals surface area contributed by atoms with Gasteiger partial charge in [0, 0.05) is 21.9 Å². The Morgan fingerprint density at radius 1 is 0.708 bits per heavy atom. The molecule has 5 rings (SSSR count). The Hall–Kier alpha value is -2.75. The molecule has 2 atom stereocenters. The minimum absolute atomic E-state index is 0.684. The Bertz CT molecular complexity index is 1100. The van der Waals surface area contributed by atoms with Crippen LogP contribution in [0.1, 0.15) is 23.3 Å². The van der Waals surface area contributed by atoms with Crippen LogP contribution < -0.4 is 0 Å². The van der Waals surface area contributed by atoms with Crippen LogP contribution in [0.5, 0.6) is 0 Å². The lowest BCUT2D eigenvalue weighted by molar-refractivity contribution is 0.0156. The van der Waals surface area contributed by atoms with Crippen LogP contribution in [0.2, 0.25) is 0 Å². The number of nitrogens with zero attached hydrogens (tertiary/aromatic N) is 1. The Balaban J connectivity index is 1.92. The fourth-order valence-electron chi connectivity index (χ4n) is 3.68. The number of aliphatic hydroxyl groups is 2. The number of aliphatic hydroxyl groups excluding tert-OH is 2. The van der Waals surface area contributed by atoms with Gasteiger partial charge < -0.3 is 10.2 Å². The lowest BCUT2D eigenvalue weighted by atomic mass is 9.84. The predicted molar refractivity (Wildman–Crippen MR) is 94.6 cm³/mol. The lowest BCUT2D eigenvalue weighted by Crippen LogP contribution is -2.18. The monoisotopic (exact) mass is 313 g/mol. The van der Waals surface area contributed by atoms with Crippen LogP contribution in [0.15, 0.2) is 66.7 Å². The van der Waals surface area contributed by atoms with Crippen molar-refractivity contribution in [3.63, 3.8) is 0 Å². The fraction of sp³-hybridized carbons (Fsp3) is 0.0952. The first-order chi connectivity index (χ1) is 11.7. The van der Waals surface area contributed by atoms with Gasteiger partial charge in [0.1, 0.15) is 12.2 Å². The van der Waals surface area contributed by atoms with E-state index in [0.29, 0.717) is 5.56 Å². The van der Waals surface area contributed by atoms with Gasteiger partial charge in [0.25, 0.3) is 0 Å². The Morgan fingerprint density at radius 3 is 2.33 bits per heavy atom. The second kappa shape index (κ2) is 4.87. The average Bonchev–Trinajstić information content (AvgIpc) is 2.65. The molecule has 0 amide bonds. The van der Waals surface area contributed by atoms with Gasteiger partial charge in [0.05, 0.1) is 11.2 Å². The molecule has 0 aliphatic heterocycles. The van der Waals surface area contributed by atoms with Crippen LogP contribution in [-0.2, 0) is 0 Å². The zero-order chi connectivity index (χ0) is 16.3. The standard InChI is InChI=1S/C21H15NO2/c23-20-16-8-4-3-7-15(16)19-17(21(20)24)11-13-10-9-12-5-1-2-6-14(12)18(13)22-19/h1-11,20-21,23-24H/t20-,21-/m1/s1. The molecular weight excluding hydrogens is 298 g/mol. The van der Waals surface area contributed by atoms with E-state index in [9.17, 15) is 10.2 Å². The normalized spacial score (nSPS) is 19.2. The number of hydrogen-bond donors (Lipinski definition) is 2. The molecule has 0 fully saturated rings. The summed E-state index contributed by atoms with van der Waals surface area (Å²) >= 11 is 0. The third-order valence-electron chi connectivity index (χ3n) is 4.89. The maximum absolute atomic E-state index is 10.6. The summed E-state index contributed by atoms with van der Waals surface area (Å²) in [5.74, 6) is 0. The molecule has 1 aliphatic rings. The number of aromatic nitrogens is 1. The number of benzene rings is 3. The Kier molecular flexibility index (Phi) is 2.77. The van der Waals surface area contributed by atoms with Gasteiger partial charge in [-0.15, -0.1) is 0 Å². The van der Waals surface area contributed by atoms with E-state index < -0.39 is 12.2 Å². The smallest absolute Gasteiger partial charge is 0.111 e. The fourth-order valence-corrected chi connectivity index (χ4v) is 3.68. The molecule has 116 valence electrons. The zero-order valence-corrected chi connectivity index (χ0v) is 12.8. The van der Waals surface area contributed by atoms with Crippen molar-refractivity contribution in [1.29, 1.82) is 0 Å². The minimum Gasteiger partial charge on any atom is -0.385 e. The van der Waals surface area contributed by atoms with Crippen LogP contribution in [0.3, 0.4) is 0 Å². The number of fused-ring (bicyclic) bond motifs is 6. The second-order valence-corrected chi connectivity index (χ2v) is 6.26. The molecular formula is C21H15NO2. The van der Waals surface area contributed by atoms with Crippen molar-refractivity contribution in [2.24, 2.45) is 0 Å². The molecule has 0 spiro atoms. The highest BCUT2D eigenvalue weighted by Gasteiger charge is 2.32. The molecule has 0 radical (unpaired) electrons. The van der Waals surface area contributed by atoms with Gasteiger partial charge >= 0.3 is 0 Å². The van der Waals surface area contributed by atoms with E-state index in [0.717, 1.165) is 38.5 Å². The summed E-state index contributed by atoms with van der Waals surface area (Å²) in [4.78, 5) is 4.90. The quantitative estimate of drug-likeness (QED) is 0.480. The van der Waals surface area contributed by atoms with E-state index in [1.165, 1.54) is 0 Å². The molecule has 2 N–H and O–H groups in total. The number of pyridine rings is 1. The molecule has 4 aromatic rings. The molecule has 0 saturated heterocycles. The van der Waals surface area contributed by atoms with Crippen LogP contribution in [0, 0.1) is 0 Å². The van der Waals surface area contributed by atoms with Crippen molar-refractivity contribution in [1.82, 2.24) is 4.98 Å². The maximum atomic E-state index is 10.6. The molecule has 0 unspecified atom stereocenters. The van der Waals surface area contributed by atoms with Crippen molar-refractivity contribution in [3.8, 4) is 11.3 Å². The van der Waals surface area contributed by atoms with Crippen molar-refractivity contribution < 1.29 is 10.2 Å². The SMILES string of the molecule is O[C@@H]1c2ccccc2-c2nc3c(ccc4ccccc43)cc2[C@H]1O. The third-order valence-corrected chi connectivity index (χ3v) is 4.89. The summed E-state index contributed by atoms with van der Waals surface area (Å²) in [7, 11) is 0. The van der Waals surface area contributed by atoms with Crippen LogP contribution in [0.4, 0.5) is 0 Å². The highest BCUT2D eigenvalue weighted by molar-refractivity contribution is 6.06. The largest absolute Gasteiger partial charge is 0.385 e. The van der Waals surface area contributed by atoms with E-state index in [1.807, 2.05) is 48.5 Å². The second-order valence-electron chi connectivity index (χ2n) is 6.26. The van der Waals surface area contributed by atoms with Gasteiger partial charge in [-0.3, -0.25) is 0 Å². The van der Waals surface area contributed by atoms with Crippen molar-refractivity contribution >= 4 is 21.7 Å². The van der Waals surface area contributed by atoms with Gasteiger partial charge in [-0.2, -0.15) is 0 Å². The zero-order valence-electron chi connectivity index (χ0n) is 12.8. The molecule has 0 bridgehead atoms. The first-order valence-corrected chi connectivity index (χ1v) is 8.02. The molecule has 1 aromatic heterocycles. The summed E-state index contributed by atoms with van der Waals surface area (Å²) in [6, 6.07) is 21.8. The summed E-state index contributed by atoms with van der Waals surface area (Å²) in [5.41, 5.74) is 3.98. The first kappa shape index (κ1) is 13.7. The minimum atomic E-state index is -0.960. The number of hydrogen-bond acceptors (Lipinski definition) is 3. The van der Waals surface area contributed by atoms with Gasteiger partial charge in [0.2, 0.25) is 0 Å². The predicted octanol–water partition coefficient (Wildman–Crippen LogP) is 4.14. The number of rotatable bonds is 0. The van der Waals surface area contributed by atoms with Crippen LogP contribution in [-0.4, -0.2) is 15.2 Å². The first-order valence-electron chi connectivity index (χ1n) is 8.02. The van der Waals surface area contributed by atoms with E-state index >= 15 is 0 Å². The van der Waals surface area contributed by atoms with E-state index in [4.69, 9.17) is 4.98 Å². The van der Waals surface area contributed by atoms with Crippen molar-refractivity contribution in [3.05, 3.63) is 77.9 Å². The van der Waals surface area contributed by atoms with Gasteiger partial charge in [0.15, 0.2) is 0 Å². The molecule has 24 heavy (non-hydrogen) atoms. The van der Waals surface area contributed by atoms with E-state index in [-0.39, 0.29) is 0 Å². The van der Waals surface area contributed by atoms with Gasteiger partial charge in [-0.05, 0) is 17.0 Å². The van der Waals surface area contributed by atoms with Crippen molar-refractivity contribution in [2.75, 3.05) is 0 Å². The summed E-state index contributed by atoms with van der Waals surface area (Å²) in [5, 5.41) is 24.2. The average molecular weight is 313 g/mol. The molecule has 3 nitrogen and oxygen atoms in total. The summed E-state index contributed by atoms with van der Waals surface area (Å²) in [6.07, 6.45) is -1.88. The Morgan fingerprint density at radius 2 is 1.42 bits per heavy atom.